The molecule has 1 rings (SSSR count). The number of rotatable bonds is 4. The summed E-state index contributed by atoms with van der Waals surface area (Å²) in [6, 6.07) is 8.39. The lowest BCUT2D eigenvalue weighted by Crippen LogP contribution is -2.54. The highest BCUT2D eigenvalue weighted by Gasteiger charge is 2.27. The Morgan fingerprint density at radius 3 is 2.00 bits per heavy atom. The minimum Gasteiger partial charge on any atom is -0.410 e. The zero-order valence-corrected chi connectivity index (χ0v) is 11.2. The van der Waals surface area contributed by atoms with E-state index in [-0.39, 0.29) is 7.12 Å². The van der Waals surface area contributed by atoms with Crippen LogP contribution in [0.3, 0.4) is 0 Å². The molecule has 0 spiro atoms. The maximum absolute atomic E-state index is 5.32. The SMILES string of the molecule is COB(OC)c1ccccc1[Si](C)(C)C. The lowest BCUT2D eigenvalue weighted by atomic mass is 9.79. The van der Waals surface area contributed by atoms with Gasteiger partial charge in [-0.2, -0.15) is 0 Å². The fourth-order valence-electron chi connectivity index (χ4n) is 1.74. The molecular formula is C11H19BO2Si. The minimum absolute atomic E-state index is 0.243. The Kier molecular flexibility index (Phi) is 4.14. The molecule has 4 heteroatoms. The smallest absolute Gasteiger partial charge is 0.410 e. The van der Waals surface area contributed by atoms with Crippen molar-refractivity contribution in [2.75, 3.05) is 14.2 Å². The predicted octanol–water partition coefficient (Wildman–Crippen LogP) is 1.22. The van der Waals surface area contributed by atoms with Gasteiger partial charge in [0.05, 0.1) is 8.07 Å². The van der Waals surface area contributed by atoms with Crippen LogP contribution in [0.25, 0.3) is 0 Å². The molecule has 15 heavy (non-hydrogen) atoms. The quantitative estimate of drug-likeness (QED) is 0.713. The molecule has 0 aromatic heterocycles. The number of hydrogen-bond donors (Lipinski definition) is 0. The van der Waals surface area contributed by atoms with Crippen LogP contribution in [0.5, 0.6) is 0 Å². The Hall–Kier alpha value is -0.578. The van der Waals surface area contributed by atoms with Crippen LogP contribution in [0.1, 0.15) is 0 Å². The van der Waals surface area contributed by atoms with Crippen LogP contribution in [-0.4, -0.2) is 29.4 Å². The summed E-state index contributed by atoms with van der Waals surface area (Å²) in [6.45, 7) is 6.98. The summed E-state index contributed by atoms with van der Waals surface area (Å²) >= 11 is 0. The van der Waals surface area contributed by atoms with E-state index in [2.05, 4.69) is 37.8 Å². The zero-order chi connectivity index (χ0) is 11.5. The second-order valence-corrected chi connectivity index (χ2v) is 9.68. The molecule has 0 saturated carbocycles. The first-order valence-electron chi connectivity index (χ1n) is 5.15. The lowest BCUT2D eigenvalue weighted by molar-refractivity contribution is 0.292. The van der Waals surface area contributed by atoms with Gasteiger partial charge in [-0.3, -0.25) is 0 Å². The molecular weight excluding hydrogens is 203 g/mol. The second kappa shape index (κ2) is 4.97. The Balaban J connectivity index is 3.17. The summed E-state index contributed by atoms with van der Waals surface area (Å²) in [5.41, 5.74) is 1.17. The normalized spacial score (nSPS) is 11.5. The molecule has 0 heterocycles. The predicted molar refractivity (Wildman–Crippen MR) is 68.8 cm³/mol. The molecule has 0 bridgehead atoms. The van der Waals surface area contributed by atoms with Gasteiger partial charge in [0.25, 0.3) is 0 Å². The standard InChI is InChI=1S/C11H19BO2Si/c1-13-12(14-2)10-8-6-7-9-11(10)15(3,4)5/h6-9H,1-5H3. The fraction of sp³-hybridized carbons (Fsp3) is 0.455. The number of benzene rings is 1. The summed E-state index contributed by atoms with van der Waals surface area (Å²) in [7, 11) is 1.78. The zero-order valence-electron chi connectivity index (χ0n) is 10.2. The second-order valence-electron chi connectivity index (χ2n) is 4.64. The molecule has 0 unspecified atom stereocenters. The fourth-order valence-corrected chi connectivity index (χ4v) is 3.40. The Morgan fingerprint density at radius 2 is 1.53 bits per heavy atom. The topological polar surface area (TPSA) is 18.5 Å². The van der Waals surface area contributed by atoms with Gasteiger partial charge in [-0.05, 0) is 5.46 Å². The average molecular weight is 222 g/mol. The third kappa shape index (κ3) is 2.94. The van der Waals surface area contributed by atoms with Crippen LogP contribution in [-0.2, 0) is 9.31 Å². The highest BCUT2D eigenvalue weighted by atomic mass is 28.3. The maximum Gasteiger partial charge on any atom is 0.493 e. The molecule has 0 aliphatic heterocycles. The lowest BCUT2D eigenvalue weighted by Gasteiger charge is -2.22. The molecule has 1 aromatic rings. The van der Waals surface area contributed by atoms with Crippen molar-refractivity contribution in [3.8, 4) is 0 Å². The van der Waals surface area contributed by atoms with Crippen LogP contribution in [0, 0.1) is 0 Å². The Bertz CT molecular complexity index is 319. The highest BCUT2D eigenvalue weighted by molar-refractivity contribution is 6.92. The van der Waals surface area contributed by atoms with Crippen molar-refractivity contribution in [3.05, 3.63) is 24.3 Å². The van der Waals surface area contributed by atoms with E-state index >= 15 is 0 Å². The molecule has 0 aliphatic rings. The first kappa shape index (κ1) is 12.5. The number of hydrogen-bond acceptors (Lipinski definition) is 2. The van der Waals surface area contributed by atoms with E-state index in [0.29, 0.717) is 0 Å². The molecule has 0 fully saturated rings. The van der Waals surface area contributed by atoms with Gasteiger partial charge < -0.3 is 9.31 Å². The maximum atomic E-state index is 5.32. The van der Waals surface area contributed by atoms with Gasteiger partial charge in [-0.1, -0.05) is 49.1 Å². The highest BCUT2D eigenvalue weighted by Crippen LogP contribution is 2.01. The van der Waals surface area contributed by atoms with Gasteiger partial charge in [0, 0.05) is 14.2 Å². The molecule has 0 atom stereocenters. The molecule has 0 aliphatic carbocycles. The van der Waals surface area contributed by atoms with Crippen LogP contribution in [0.4, 0.5) is 0 Å². The van der Waals surface area contributed by atoms with Crippen molar-refractivity contribution in [1.29, 1.82) is 0 Å². The monoisotopic (exact) mass is 222 g/mol. The first-order valence-corrected chi connectivity index (χ1v) is 8.65. The van der Waals surface area contributed by atoms with Crippen molar-refractivity contribution in [1.82, 2.24) is 0 Å². The van der Waals surface area contributed by atoms with E-state index in [1.165, 1.54) is 10.6 Å². The Labute approximate surface area is 93.8 Å². The van der Waals surface area contributed by atoms with E-state index in [9.17, 15) is 0 Å². The third-order valence-electron chi connectivity index (χ3n) is 2.45. The summed E-state index contributed by atoms with van der Waals surface area (Å²) in [5, 5.41) is 1.40. The van der Waals surface area contributed by atoms with E-state index in [1.807, 2.05) is 6.07 Å². The van der Waals surface area contributed by atoms with Crippen LogP contribution < -0.4 is 10.6 Å². The van der Waals surface area contributed by atoms with Gasteiger partial charge in [-0.25, -0.2) is 0 Å². The molecule has 82 valence electrons. The minimum atomic E-state index is -1.33. The van der Waals surface area contributed by atoms with Crippen molar-refractivity contribution in [2.45, 2.75) is 19.6 Å². The van der Waals surface area contributed by atoms with Crippen molar-refractivity contribution >= 4 is 25.8 Å². The first-order chi connectivity index (χ1) is 7.00. The van der Waals surface area contributed by atoms with Gasteiger partial charge >= 0.3 is 7.12 Å². The van der Waals surface area contributed by atoms with Crippen LogP contribution >= 0.6 is 0 Å². The van der Waals surface area contributed by atoms with Gasteiger partial charge in [0.15, 0.2) is 0 Å². The summed E-state index contributed by atoms with van der Waals surface area (Å²) in [6.07, 6.45) is 0. The average Bonchev–Trinajstić information content (AvgIpc) is 2.19. The van der Waals surface area contributed by atoms with E-state index in [4.69, 9.17) is 9.31 Å². The van der Waals surface area contributed by atoms with Gasteiger partial charge in [0.2, 0.25) is 0 Å². The molecule has 0 saturated heterocycles. The Morgan fingerprint density at radius 1 is 1.00 bits per heavy atom. The third-order valence-corrected chi connectivity index (χ3v) is 4.52. The van der Waals surface area contributed by atoms with Crippen molar-refractivity contribution in [3.63, 3.8) is 0 Å². The molecule has 0 amide bonds. The van der Waals surface area contributed by atoms with Crippen molar-refractivity contribution < 1.29 is 9.31 Å². The summed E-state index contributed by atoms with van der Waals surface area (Å²) in [5.74, 6) is 0. The molecule has 0 radical (unpaired) electrons. The van der Waals surface area contributed by atoms with Gasteiger partial charge in [-0.15, -0.1) is 0 Å². The molecule has 1 aromatic carbocycles. The summed E-state index contributed by atoms with van der Waals surface area (Å²) < 4.78 is 10.6. The van der Waals surface area contributed by atoms with Crippen LogP contribution in [0.2, 0.25) is 19.6 Å². The van der Waals surface area contributed by atoms with E-state index < -0.39 is 8.07 Å². The largest absolute Gasteiger partial charge is 0.493 e. The van der Waals surface area contributed by atoms with E-state index in [1.54, 1.807) is 14.2 Å². The van der Waals surface area contributed by atoms with Crippen LogP contribution in [0.15, 0.2) is 24.3 Å². The van der Waals surface area contributed by atoms with Gasteiger partial charge in [0.1, 0.15) is 0 Å². The van der Waals surface area contributed by atoms with Crippen molar-refractivity contribution in [2.24, 2.45) is 0 Å². The van der Waals surface area contributed by atoms with E-state index in [0.717, 1.165) is 0 Å². The summed E-state index contributed by atoms with van der Waals surface area (Å²) in [4.78, 5) is 0. The molecule has 2 nitrogen and oxygen atoms in total. The molecule has 0 N–H and O–H groups in total.